The summed E-state index contributed by atoms with van der Waals surface area (Å²) in [6.45, 7) is 4.50. The third-order valence-corrected chi connectivity index (χ3v) is 11.1. The lowest BCUT2D eigenvalue weighted by molar-refractivity contribution is -0.256. The molecule has 0 saturated heterocycles. The number of amides is 1. The Bertz CT molecular complexity index is 1790. The summed E-state index contributed by atoms with van der Waals surface area (Å²) in [5.74, 6) is -1.24. The molecule has 11 heteroatoms. The number of fused-ring (bicyclic) bond motifs is 3. The number of allylic oxidation sites excluding steroid dienone is 1. The van der Waals surface area contributed by atoms with Crippen LogP contribution in [0.5, 0.6) is 11.5 Å². The first kappa shape index (κ1) is 38.6. The van der Waals surface area contributed by atoms with E-state index in [-0.39, 0.29) is 68.8 Å². The zero-order valence-electron chi connectivity index (χ0n) is 30.4. The Balaban J connectivity index is 1.59. The summed E-state index contributed by atoms with van der Waals surface area (Å²) in [6.07, 6.45) is 8.19. The van der Waals surface area contributed by atoms with Gasteiger partial charge in [0.15, 0.2) is 0 Å². The minimum atomic E-state index is -1.45. The molecule has 53 heavy (non-hydrogen) atoms. The number of halogens is 1. The lowest BCUT2D eigenvalue weighted by atomic mass is 9.55. The predicted molar refractivity (Wildman–Crippen MR) is 205 cm³/mol. The zero-order valence-corrected chi connectivity index (χ0v) is 31.1. The van der Waals surface area contributed by atoms with Crippen molar-refractivity contribution in [3.05, 3.63) is 96.1 Å². The molecule has 1 fully saturated rings. The van der Waals surface area contributed by atoms with Gasteiger partial charge in [-0.25, -0.2) is 4.79 Å². The summed E-state index contributed by atoms with van der Waals surface area (Å²) in [6, 6.07) is 18.5. The molecule has 284 valence electrons. The van der Waals surface area contributed by atoms with Gasteiger partial charge in [-0.05, 0) is 77.6 Å². The molecule has 3 N–H and O–H groups in total. The number of aliphatic hydroxyl groups excluding tert-OH is 2. The number of benzene rings is 3. The van der Waals surface area contributed by atoms with E-state index in [2.05, 4.69) is 17.8 Å². The number of carbonyl (C=O) groups excluding carboxylic acids is 1. The van der Waals surface area contributed by atoms with Crippen molar-refractivity contribution in [2.45, 2.75) is 69.2 Å². The number of phenolic OH excluding ortho intramolecular Hbond substituents is 1. The van der Waals surface area contributed by atoms with Crippen molar-refractivity contribution in [2.75, 3.05) is 39.4 Å². The molecule has 6 rings (SSSR count). The average Bonchev–Trinajstić information content (AvgIpc) is 3.17. The summed E-state index contributed by atoms with van der Waals surface area (Å²) in [5.41, 5.74) is 3.36. The van der Waals surface area contributed by atoms with E-state index >= 15 is 0 Å². The van der Waals surface area contributed by atoms with E-state index in [1.54, 1.807) is 29.2 Å². The van der Waals surface area contributed by atoms with Gasteiger partial charge in [-0.2, -0.15) is 0 Å². The number of aliphatic hydroxyl groups is 2. The number of hydrogen-bond acceptors (Lipinski definition) is 9. The van der Waals surface area contributed by atoms with Crippen LogP contribution in [0, 0.1) is 17.8 Å². The topological polar surface area (TPSA) is 130 Å². The second-order valence-electron chi connectivity index (χ2n) is 14.0. The van der Waals surface area contributed by atoms with Gasteiger partial charge < -0.3 is 34.4 Å². The minimum Gasteiger partial charge on any atom is -0.508 e. The van der Waals surface area contributed by atoms with Crippen LogP contribution in [0.1, 0.15) is 62.0 Å². The fourth-order valence-electron chi connectivity index (χ4n) is 8.89. The van der Waals surface area contributed by atoms with Crippen molar-refractivity contribution in [2.24, 2.45) is 22.9 Å². The van der Waals surface area contributed by atoms with Gasteiger partial charge >= 0.3 is 6.09 Å². The number of ether oxygens (including phenoxy) is 3. The summed E-state index contributed by atoms with van der Waals surface area (Å²) >= 11 is 6.06. The Morgan fingerprint density at radius 1 is 1.08 bits per heavy atom. The number of phenols is 1. The van der Waals surface area contributed by atoms with Gasteiger partial charge in [-0.3, -0.25) is 4.90 Å². The largest absolute Gasteiger partial charge is 0.508 e. The van der Waals surface area contributed by atoms with E-state index in [1.165, 1.54) is 7.11 Å². The number of nitrogens with zero attached hydrogens (tertiary/aromatic N) is 2. The number of unbranched alkanes of at least 4 members (excludes halogenated alkanes) is 2. The van der Waals surface area contributed by atoms with Crippen molar-refractivity contribution in [3.63, 3.8) is 0 Å². The van der Waals surface area contributed by atoms with E-state index in [4.69, 9.17) is 30.6 Å². The van der Waals surface area contributed by atoms with Crippen LogP contribution in [0.3, 0.4) is 0 Å². The third-order valence-electron chi connectivity index (χ3n) is 11.0. The highest BCUT2D eigenvalue weighted by Crippen LogP contribution is 2.62. The van der Waals surface area contributed by atoms with Crippen LogP contribution in [0.25, 0.3) is 10.8 Å². The molecule has 6 unspecified atom stereocenters. The van der Waals surface area contributed by atoms with Crippen LogP contribution in [0.15, 0.2) is 90.1 Å². The van der Waals surface area contributed by atoms with Gasteiger partial charge in [0.2, 0.25) is 5.79 Å². The Kier molecular flexibility index (Phi) is 13.0. The van der Waals surface area contributed by atoms with Gasteiger partial charge in [0.25, 0.3) is 0 Å². The first-order valence-electron chi connectivity index (χ1n) is 18.7. The molecule has 2 aliphatic carbocycles. The lowest BCUT2D eigenvalue weighted by Crippen LogP contribution is -2.70. The van der Waals surface area contributed by atoms with Crippen molar-refractivity contribution < 1.29 is 39.2 Å². The Hall–Kier alpha value is -4.09. The fraction of sp³-hybridized carbons (Fsp3) is 0.476. The van der Waals surface area contributed by atoms with Crippen molar-refractivity contribution >= 4 is 34.2 Å². The predicted octanol–water partition coefficient (Wildman–Crippen LogP) is 7.69. The summed E-state index contributed by atoms with van der Waals surface area (Å²) < 4.78 is 19.9. The van der Waals surface area contributed by atoms with Crippen molar-refractivity contribution in [3.8, 4) is 11.5 Å². The maximum absolute atomic E-state index is 14.4. The normalized spacial score (nSPS) is 25.2. The first-order chi connectivity index (χ1) is 25.9. The summed E-state index contributed by atoms with van der Waals surface area (Å²) in [7, 11) is 1.52. The molecular weight excluding hydrogens is 696 g/mol. The quantitative estimate of drug-likeness (QED) is 0.0555. The Labute approximate surface area is 316 Å². The van der Waals surface area contributed by atoms with Gasteiger partial charge in [0, 0.05) is 31.1 Å². The van der Waals surface area contributed by atoms with Gasteiger partial charge in [0.1, 0.15) is 31.3 Å². The average molecular weight is 747 g/mol. The number of oxime groups is 1. The Morgan fingerprint density at radius 3 is 2.60 bits per heavy atom. The van der Waals surface area contributed by atoms with E-state index in [0.717, 1.165) is 53.2 Å². The maximum Gasteiger partial charge on any atom is 0.410 e. The van der Waals surface area contributed by atoms with Gasteiger partial charge in [-0.15, -0.1) is 18.2 Å². The molecular formula is C42H51ClN2O8. The number of hydrogen-bond donors (Lipinski definition) is 3. The van der Waals surface area contributed by atoms with Crippen LogP contribution in [-0.4, -0.2) is 83.3 Å². The second kappa shape index (κ2) is 17.8. The maximum atomic E-state index is 14.4. The highest BCUT2D eigenvalue weighted by Gasteiger charge is 2.65. The molecule has 10 nitrogen and oxygen atoms in total. The number of carbonyl (C=O) groups is 1. The monoisotopic (exact) mass is 746 g/mol. The summed E-state index contributed by atoms with van der Waals surface area (Å²) in [4.78, 5) is 21.6. The van der Waals surface area contributed by atoms with Gasteiger partial charge in [0.05, 0.1) is 30.7 Å². The molecule has 1 aliphatic heterocycles. The van der Waals surface area contributed by atoms with Crippen LogP contribution in [0.2, 0.25) is 0 Å². The van der Waals surface area contributed by atoms with Crippen LogP contribution in [-0.2, 0) is 20.9 Å². The van der Waals surface area contributed by atoms with E-state index in [9.17, 15) is 20.1 Å². The van der Waals surface area contributed by atoms with Crippen LogP contribution < -0.4 is 4.74 Å². The van der Waals surface area contributed by atoms with E-state index in [1.807, 2.05) is 42.5 Å². The summed E-state index contributed by atoms with van der Waals surface area (Å²) in [5, 5.41) is 37.1. The van der Waals surface area contributed by atoms with Crippen molar-refractivity contribution in [1.29, 1.82) is 0 Å². The number of rotatable bonds is 17. The molecule has 6 atom stereocenters. The molecule has 1 amide bonds. The second-order valence-corrected chi connectivity index (χ2v) is 14.4. The third kappa shape index (κ3) is 7.92. The highest BCUT2D eigenvalue weighted by atomic mass is 35.5. The van der Waals surface area contributed by atoms with Crippen LogP contribution in [0.4, 0.5) is 4.79 Å². The molecule has 0 spiro atoms. The lowest BCUT2D eigenvalue weighted by Gasteiger charge is -2.59. The molecule has 3 aromatic carbocycles. The molecule has 3 aromatic rings. The minimum absolute atomic E-state index is 0.0152. The fourth-order valence-corrected chi connectivity index (χ4v) is 8.97. The molecule has 0 aromatic heterocycles. The van der Waals surface area contributed by atoms with Crippen LogP contribution >= 0.6 is 11.6 Å². The Morgan fingerprint density at radius 2 is 1.85 bits per heavy atom. The molecule has 3 aliphatic rings. The van der Waals surface area contributed by atoms with E-state index in [0.29, 0.717) is 24.3 Å². The standard InChI is InChI=1S/C42H51ClN2O8/c1-3-22-52-42-38(45(41(49)51-23-19-43)27-30-14-10-13-28-11-4-5-15-32(28)30)26-36(44-50-2)34-24-29(12-6-8-20-46)33(16-7-9-21-47)39(40(34)42)35-25-31(48)17-18-37(35)53-42/h3-5,10-11,13-15,17-18,24-25,29,33,38-40,46-48H,1,6-9,12,16,19-23,26-27H2,2H3. The van der Waals surface area contributed by atoms with E-state index < -0.39 is 23.8 Å². The molecule has 1 heterocycles. The zero-order chi connectivity index (χ0) is 37.4. The number of alkyl halides is 1. The highest BCUT2D eigenvalue weighted by molar-refractivity contribution is 6.18. The van der Waals surface area contributed by atoms with Crippen molar-refractivity contribution in [1.82, 2.24) is 4.90 Å². The number of aromatic hydroxyl groups is 1. The SMILES string of the molecule is C=CCOC12Oc3ccc(O)cc3C3C(CCCCO)C(CCCCO)C=C(C(=NOC)CC1N(Cc1cccc4ccccc14)C(=O)OCCCl)C32. The molecule has 0 bridgehead atoms. The first-order valence-corrected chi connectivity index (χ1v) is 19.2. The van der Waals surface area contributed by atoms with Gasteiger partial charge in [-0.1, -0.05) is 72.6 Å². The smallest absolute Gasteiger partial charge is 0.410 e. The molecule has 0 radical (unpaired) electrons. The molecule has 1 saturated carbocycles.